The number of hydrogen-bond donors (Lipinski definition) is 1. The third-order valence-corrected chi connectivity index (χ3v) is 8.56. The lowest BCUT2D eigenvalue weighted by Crippen LogP contribution is -2.11. The van der Waals surface area contributed by atoms with Crippen LogP contribution in [-0.4, -0.2) is 16.2 Å². The molecule has 0 radical (unpaired) electrons. The van der Waals surface area contributed by atoms with E-state index in [2.05, 4.69) is 117 Å². The van der Waals surface area contributed by atoms with Crippen LogP contribution in [0.3, 0.4) is 0 Å². The van der Waals surface area contributed by atoms with E-state index in [1.165, 1.54) is 31.8 Å². The molecule has 40 heavy (non-hydrogen) atoms. The second kappa shape index (κ2) is 9.58. The highest BCUT2D eigenvalue weighted by atomic mass is 32.1. The van der Waals surface area contributed by atoms with Crippen LogP contribution in [0.2, 0.25) is 0 Å². The summed E-state index contributed by atoms with van der Waals surface area (Å²) in [7, 11) is 0. The van der Waals surface area contributed by atoms with Gasteiger partial charge < -0.3 is 4.98 Å². The Morgan fingerprint density at radius 1 is 0.750 bits per heavy atom. The summed E-state index contributed by atoms with van der Waals surface area (Å²) in [5.41, 5.74) is 7.64. The van der Waals surface area contributed by atoms with Crippen molar-refractivity contribution in [2.45, 2.75) is 26.2 Å². The smallest absolute Gasteiger partial charge is 0.126 e. The van der Waals surface area contributed by atoms with Crippen molar-refractivity contribution in [3.05, 3.63) is 120 Å². The number of hydrogen-bond acceptors (Lipinski definition) is 3. The van der Waals surface area contributed by atoms with Crippen LogP contribution in [0.5, 0.6) is 0 Å². The molecule has 0 saturated carbocycles. The van der Waals surface area contributed by atoms with Crippen LogP contribution < -0.4 is 0 Å². The quantitative estimate of drug-likeness (QED) is 0.177. The van der Waals surface area contributed by atoms with Crippen molar-refractivity contribution in [2.75, 3.05) is 0 Å². The molecule has 194 valence electrons. The van der Waals surface area contributed by atoms with Crippen molar-refractivity contribution in [3.8, 4) is 21.8 Å². The standard InChI is InChI=1S/C36H29N3S/c1-36(2,3)25-20-30(32-17-10-18-37-32)34-33(21-25)40-35(39-34)29-15-8-9-16-31(29)38-22-24-19-23-11-4-5-12-26(23)28-14-7-6-13-27(24)28/h4-22,37H,1-3H3. The van der Waals surface area contributed by atoms with Gasteiger partial charge in [0.1, 0.15) is 5.01 Å². The highest BCUT2D eigenvalue weighted by Gasteiger charge is 2.20. The Bertz CT molecular complexity index is 2040. The Balaban J connectivity index is 1.36. The van der Waals surface area contributed by atoms with Gasteiger partial charge in [0.2, 0.25) is 0 Å². The molecule has 7 rings (SSSR count). The second-order valence-corrected chi connectivity index (χ2v) is 12.3. The Morgan fingerprint density at radius 2 is 1.50 bits per heavy atom. The maximum atomic E-state index is 5.19. The van der Waals surface area contributed by atoms with E-state index in [9.17, 15) is 0 Å². The molecule has 0 aliphatic rings. The van der Waals surface area contributed by atoms with Crippen LogP contribution >= 0.6 is 11.3 Å². The maximum absolute atomic E-state index is 5.19. The molecule has 2 aromatic heterocycles. The predicted octanol–water partition coefficient (Wildman–Crippen LogP) is 10.3. The molecular formula is C36H29N3S. The molecule has 2 heterocycles. The number of rotatable bonds is 4. The molecule has 0 aliphatic carbocycles. The molecule has 0 unspecified atom stereocenters. The number of nitrogens with one attached hydrogen (secondary N) is 1. The third kappa shape index (κ3) is 4.31. The molecule has 0 saturated heterocycles. The van der Waals surface area contributed by atoms with Crippen molar-refractivity contribution in [1.29, 1.82) is 0 Å². The first kappa shape index (κ1) is 24.5. The number of H-pyrrole nitrogens is 1. The van der Waals surface area contributed by atoms with Crippen molar-refractivity contribution < 1.29 is 0 Å². The summed E-state index contributed by atoms with van der Waals surface area (Å²) in [4.78, 5) is 13.6. The van der Waals surface area contributed by atoms with E-state index in [1.54, 1.807) is 11.3 Å². The summed E-state index contributed by atoms with van der Waals surface area (Å²) in [6.45, 7) is 6.78. The Morgan fingerprint density at radius 3 is 2.30 bits per heavy atom. The average Bonchev–Trinajstić information content (AvgIpc) is 3.66. The first-order valence-electron chi connectivity index (χ1n) is 13.6. The Hall–Kier alpha value is -4.54. The van der Waals surface area contributed by atoms with Gasteiger partial charge in [-0.05, 0) is 75.0 Å². The summed E-state index contributed by atoms with van der Waals surface area (Å²) in [6, 6.07) is 36.4. The van der Waals surface area contributed by atoms with Gasteiger partial charge in [0.15, 0.2) is 0 Å². The van der Waals surface area contributed by atoms with Crippen LogP contribution in [0.4, 0.5) is 5.69 Å². The fraction of sp³-hybridized carbons (Fsp3) is 0.111. The van der Waals surface area contributed by atoms with Gasteiger partial charge in [-0.15, -0.1) is 11.3 Å². The number of nitrogens with zero attached hydrogens (tertiary/aromatic N) is 2. The molecule has 4 heteroatoms. The Kier molecular flexibility index (Phi) is 5.87. The molecule has 5 aromatic carbocycles. The number of benzene rings is 5. The van der Waals surface area contributed by atoms with Crippen LogP contribution in [0, 0.1) is 0 Å². The van der Waals surface area contributed by atoms with E-state index < -0.39 is 0 Å². The molecule has 0 spiro atoms. The molecular weight excluding hydrogens is 506 g/mol. The van der Waals surface area contributed by atoms with Gasteiger partial charge in [0.05, 0.1) is 15.9 Å². The Labute approximate surface area is 237 Å². The van der Waals surface area contributed by atoms with E-state index in [0.29, 0.717) is 0 Å². The molecule has 0 atom stereocenters. The van der Waals surface area contributed by atoms with Crippen molar-refractivity contribution in [1.82, 2.24) is 9.97 Å². The van der Waals surface area contributed by atoms with Gasteiger partial charge in [-0.3, -0.25) is 4.99 Å². The van der Waals surface area contributed by atoms with E-state index in [4.69, 9.17) is 9.98 Å². The summed E-state index contributed by atoms with van der Waals surface area (Å²) >= 11 is 1.73. The minimum Gasteiger partial charge on any atom is -0.361 e. The zero-order chi connectivity index (χ0) is 27.3. The lowest BCUT2D eigenvalue weighted by molar-refractivity contribution is 0.591. The highest BCUT2D eigenvalue weighted by Crippen LogP contribution is 2.41. The second-order valence-electron chi connectivity index (χ2n) is 11.2. The van der Waals surface area contributed by atoms with Crippen molar-refractivity contribution in [2.24, 2.45) is 4.99 Å². The van der Waals surface area contributed by atoms with E-state index in [1.807, 2.05) is 24.5 Å². The fourth-order valence-corrected chi connectivity index (χ4v) is 6.44. The number of aliphatic imine (C=N–C) groups is 1. The van der Waals surface area contributed by atoms with Crippen molar-refractivity contribution in [3.63, 3.8) is 0 Å². The molecule has 0 aliphatic heterocycles. The van der Waals surface area contributed by atoms with Gasteiger partial charge in [-0.2, -0.15) is 0 Å². The third-order valence-electron chi connectivity index (χ3n) is 7.53. The number of para-hydroxylation sites is 1. The lowest BCUT2D eigenvalue weighted by atomic mass is 9.85. The minimum atomic E-state index is 0.0323. The van der Waals surface area contributed by atoms with E-state index in [-0.39, 0.29) is 5.41 Å². The summed E-state index contributed by atoms with van der Waals surface area (Å²) in [5.74, 6) is 0. The van der Waals surface area contributed by atoms with Gasteiger partial charge >= 0.3 is 0 Å². The fourth-order valence-electron chi connectivity index (χ4n) is 5.38. The number of fused-ring (bicyclic) bond motifs is 4. The molecule has 1 N–H and O–H groups in total. The van der Waals surface area contributed by atoms with Crippen LogP contribution in [0.15, 0.2) is 114 Å². The molecule has 0 fully saturated rings. The summed E-state index contributed by atoms with van der Waals surface area (Å²) in [5, 5.41) is 5.90. The molecule has 0 bridgehead atoms. The predicted molar refractivity (Wildman–Crippen MR) is 172 cm³/mol. The monoisotopic (exact) mass is 535 g/mol. The van der Waals surface area contributed by atoms with E-state index in [0.717, 1.165) is 38.6 Å². The maximum Gasteiger partial charge on any atom is 0.126 e. The van der Waals surface area contributed by atoms with Crippen LogP contribution in [0.1, 0.15) is 31.9 Å². The zero-order valence-corrected chi connectivity index (χ0v) is 23.6. The first-order chi connectivity index (χ1) is 19.5. The average molecular weight is 536 g/mol. The highest BCUT2D eigenvalue weighted by molar-refractivity contribution is 7.21. The van der Waals surface area contributed by atoms with Crippen molar-refractivity contribution >= 4 is 55.0 Å². The topological polar surface area (TPSA) is 41.0 Å². The zero-order valence-electron chi connectivity index (χ0n) is 22.8. The van der Waals surface area contributed by atoms with Gasteiger partial charge in [0.25, 0.3) is 0 Å². The largest absolute Gasteiger partial charge is 0.361 e. The van der Waals surface area contributed by atoms with Gasteiger partial charge in [-0.1, -0.05) is 81.4 Å². The number of aromatic nitrogens is 2. The van der Waals surface area contributed by atoms with Crippen LogP contribution in [0.25, 0.3) is 53.6 Å². The van der Waals surface area contributed by atoms with Crippen LogP contribution in [-0.2, 0) is 5.41 Å². The summed E-state index contributed by atoms with van der Waals surface area (Å²) in [6.07, 6.45) is 3.97. The minimum absolute atomic E-state index is 0.0323. The molecule has 7 aromatic rings. The van der Waals surface area contributed by atoms with Gasteiger partial charge in [-0.25, -0.2) is 4.98 Å². The van der Waals surface area contributed by atoms with Gasteiger partial charge in [0, 0.05) is 34.8 Å². The first-order valence-corrected chi connectivity index (χ1v) is 14.4. The van der Waals surface area contributed by atoms with E-state index >= 15 is 0 Å². The summed E-state index contributed by atoms with van der Waals surface area (Å²) < 4.78 is 1.19. The normalized spacial score (nSPS) is 12.3. The number of aromatic amines is 1. The molecule has 3 nitrogen and oxygen atoms in total. The SMILES string of the molecule is CC(C)(C)c1cc(-c2ccc[nH]2)c2nc(-c3ccccc3N=Cc3cc4ccccc4c4ccccc34)sc2c1. The lowest BCUT2D eigenvalue weighted by Gasteiger charge is -2.20. The number of thiazole rings is 1. The molecule has 0 amide bonds.